The zero-order chi connectivity index (χ0) is 11.6. The summed E-state index contributed by atoms with van der Waals surface area (Å²) in [5, 5.41) is 0. The van der Waals surface area contributed by atoms with Gasteiger partial charge in [-0.05, 0) is 14.1 Å². The summed E-state index contributed by atoms with van der Waals surface area (Å²) in [4.78, 5) is 0. The lowest BCUT2D eigenvalue weighted by Crippen LogP contribution is -2.36. The summed E-state index contributed by atoms with van der Waals surface area (Å²) in [7, 11) is 1.22. The molecule has 0 radical (unpaired) electrons. The number of ether oxygens (including phenoxy) is 2. The predicted octanol–water partition coefficient (Wildman–Crippen LogP) is 3.73. The van der Waals surface area contributed by atoms with Gasteiger partial charge < -0.3 is 9.47 Å². The highest BCUT2D eigenvalue weighted by Crippen LogP contribution is 2.32. The molecule has 0 amide bonds. The molecule has 0 spiro atoms. The van der Waals surface area contributed by atoms with E-state index in [4.69, 9.17) is 9.47 Å². The minimum atomic E-state index is -0.0592. The average Bonchev–Trinajstić information content (AvgIpc) is 2.16. The van der Waals surface area contributed by atoms with Crippen molar-refractivity contribution in [2.24, 2.45) is 17.8 Å². The van der Waals surface area contributed by atoms with E-state index in [-0.39, 0.29) is 6.29 Å². The third-order valence-electron chi connectivity index (χ3n) is 2.37. The van der Waals surface area contributed by atoms with Gasteiger partial charge in [0.25, 0.3) is 0 Å². The fraction of sp³-hybridized carbons (Fsp3) is 0.917. The van der Waals surface area contributed by atoms with Crippen LogP contribution >= 0.6 is 8.20 Å². The lowest BCUT2D eigenvalue weighted by atomic mass is 10.2. The Morgan fingerprint density at radius 3 is 2.00 bits per heavy atom. The minimum absolute atomic E-state index is 0.0592. The van der Waals surface area contributed by atoms with Crippen molar-refractivity contribution < 1.29 is 9.47 Å². The summed E-state index contributed by atoms with van der Waals surface area (Å²) in [5.41, 5.74) is 1.18. The highest BCUT2D eigenvalue weighted by molar-refractivity contribution is 7.40. The third kappa shape index (κ3) is 3.55. The summed E-state index contributed by atoms with van der Waals surface area (Å²) in [6, 6.07) is 0. The van der Waals surface area contributed by atoms with Gasteiger partial charge in [0.05, 0.1) is 5.48 Å². The van der Waals surface area contributed by atoms with Gasteiger partial charge in [-0.2, -0.15) is 0 Å². The summed E-state index contributed by atoms with van der Waals surface area (Å²) in [6.07, 6.45) is -0.0592. The van der Waals surface area contributed by atoms with E-state index in [0.717, 1.165) is 0 Å². The van der Waals surface area contributed by atoms with E-state index in [1.54, 1.807) is 0 Å². The van der Waals surface area contributed by atoms with Gasteiger partial charge >= 0.3 is 0 Å². The molecule has 88 valence electrons. The van der Waals surface area contributed by atoms with Crippen LogP contribution in [0, 0.1) is 17.8 Å². The average molecular weight is 230 g/mol. The summed E-state index contributed by atoms with van der Waals surface area (Å²) in [5.74, 6) is 1.74. The maximum Gasteiger partial charge on any atom is 0.167 e. The van der Waals surface area contributed by atoms with E-state index in [1.807, 2.05) is 0 Å². The lowest BCUT2D eigenvalue weighted by molar-refractivity contribution is -0.141. The van der Waals surface area contributed by atoms with Gasteiger partial charge in [0.1, 0.15) is 5.85 Å². The molecule has 0 aromatic heterocycles. The van der Waals surface area contributed by atoms with E-state index in [0.29, 0.717) is 23.6 Å². The van der Waals surface area contributed by atoms with Crippen LogP contribution in [0.2, 0.25) is 0 Å². The maximum atomic E-state index is 5.93. The predicted molar refractivity (Wildman–Crippen MR) is 66.2 cm³/mol. The molecule has 15 heavy (non-hydrogen) atoms. The van der Waals surface area contributed by atoms with Gasteiger partial charge in [0.15, 0.2) is 6.29 Å². The van der Waals surface area contributed by atoms with Crippen LogP contribution < -0.4 is 0 Å². The Labute approximate surface area is 95.1 Å². The van der Waals surface area contributed by atoms with E-state index in [1.165, 1.54) is 13.7 Å². The van der Waals surface area contributed by atoms with Crippen LogP contribution in [0.15, 0.2) is 0 Å². The minimum Gasteiger partial charge on any atom is -0.340 e. The molecule has 0 aromatic rings. The van der Waals surface area contributed by atoms with Crippen molar-refractivity contribution in [1.29, 1.82) is 0 Å². The largest absolute Gasteiger partial charge is 0.340 e. The first kappa shape index (κ1) is 13.2. The van der Waals surface area contributed by atoms with Gasteiger partial charge in [-0.3, -0.25) is 0 Å². The van der Waals surface area contributed by atoms with E-state index in [2.05, 4.69) is 41.5 Å². The standard InChI is InChI=1S/C12H23O2P/c1-7(2)10-13-11(8(3)4)15-12(14-10)9(5)6/h7-11H,1-6H3. The first-order chi connectivity index (χ1) is 6.91. The molecule has 0 fully saturated rings. The number of hydrogen-bond acceptors (Lipinski definition) is 2. The molecule has 0 N–H and O–H groups in total. The number of hydrogen-bond donors (Lipinski definition) is 0. The fourth-order valence-electron chi connectivity index (χ4n) is 1.36. The van der Waals surface area contributed by atoms with Crippen molar-refractivity contribution in [3.8, 4) is 0 Å². The van der Waals surface area contributed by atoms with Crippen molar-refractivity contribution in [2.75, 3.05) is 0 Å². The first-order valence-electron chi connectivity index (χ1n) is 5.81. The Balaban J connectivity index is 2.79. The molecular formula is C12H23O2P. The molecule has 2 atom stereocenters. The molecular weight excluding hydrogens is 207 g/mol. The van der Waals surface area contributed by atoms with Crippen LogP contribution in [0.1, 0.15) is 41.5 Å². The molecule has 0 saturated heterocycles. The van der Waals surface area contributed by atoms with Gasteiger partial charge in [-0.15, -0.1) is 0 Å². The Bertz CT molecular complexity index is 234. The molecule has 0 aromatic carbocycles. The second-order valence-electron chi connectivity index (χ2n) is 5.12. The molecule has 2 unspecified atom stereocenters. The van der Waals surface area contributed by atoms with Gasteiger partial charge in [-0.25, -0.2) is 0 Å². The molecule has 0 aliphatic carbocycles. The van der Waals surface area contributed by atoms with Crippen LogP contribution in [-0.2, 0) is 9.47 Å². The Morgan fingerprint density at radius 1 is 1.00 bits per heavy atom. The van der Waals surface area contributed by atoms with Crippen LogP contribution in [-0.4, -0.2) is 17.6 Å². The highest BCUT2D eigenvalue weighted by atomic mass is 31.1. The molecule has 2 nitrogen and oxygen atoms in total. The Hall–Kier alpha value is 0.0900. The molecule has 1 aliphatic rings. The SMILES string of the molecule is CC(C)C1=PC(C(C)C)OC(C(C)C)O1. The van der Waals surface area contributed by atoms with Crippen molar-refractivity contribution >= 4 is 13.7 Å². The van der Waals surface area contributed by atoms with Crippen molar-refractivity contribution in [2.45, 2.75) is 53.7 Å². The lowest BCUT2D eigenvalue weighted by Gasteiger charge is -2.34. The van der Waals surface area contributed by atoms with Crippen molar-refractivity contribution in [3.05, 3.63) is 0 Å². The van der Waals surface area contributed by atoms with Crippen LogP contribution in [0.5, 0.6) is 0 Å². The molecule has 1 rings (SSSR count). The quantitative estimate of drug-likeness (QED) is 0.688. The number of rotatable bonds is 3. The van der Waals surface area contributed by atoms with E-state index >= 15 is 0 Å². The molecule has 0 bridgehead atoms. The van der Waals surface area contributed by atoms with Crippen LogP contribution in [0.3, 0.4) is 0 Å². The van der Waals surface area contributed by atoms with Crippen LogP contribution in [0.4, 0.5) is 0 Å². The van der Waals surface area contributed by atoms with E-state index in [9.17, 15) is 0 Å². The topological polar surface area (TPSA) is 18.5 Å². The van der Waals surface area contributed by atoms with Crippen molar-refractivity contribution in [3.63, 3.8) is 0 Å². The molecule has 1 aliphatic heterocycles. The second-order valence-corrected chi connectivity index (χ2v) is 6.33. The smallest absolute Gasteiger partial charge is 0.167 e. The van der Waals surface area contributed by atoms with Gasteiger partial charge in [0.2, 0.25) is 0 Å². The zero-order valence-electron chi connectivity index (χ0n) is 10.7. The summed E-state index contributed by atoms with van der Waals surface area (Å²) >= 11 is 0. The zero-order valence-corrected chi connectivity index (χ0v) is 11.5. The normalized spacial score (nSPS) is 28.7. The fourth-order valence-corrected chi connectivity index (χ4v) is 2.55. The summed E-state index contributed by atoms with van der Waals surface area (Å²) in [6.45, 7) is 13.1. The highest BCUT2D eigenvalue weighted by Gasteiger charge is 2.29. The van der Waals surface area contributed by atoms with Crippen molar-refractivity contribution in [1.82, 2.24) is 0 Å². The monoisotopic (exact) mass is 230 g/mol. The van der Waals surface area contributed by atoms with Gasteiger partial charge in [-0.1, -0.05) is 41.5 Å². The molecule has 0 saturated carbocycles. The summed E-state index contributed by atoms with van der Waals surface area (Å²) < 4.78 is 11.8. The molecule has 1 heterocycles. The molecule has 3 heteroatoms. The second kappa shape index (κ2) is 5.43. The van der Waals surface area contributed by atoms with Gasteiger partial charge in [0, 0.05) is 11.8 Å². The maximum absolute atomic E-state index is 5.93. The Morgan fingerprint density at radius 2 is 1.60 bits per heavy atom. The third-order valence-corrected chi connectivity index (χ3v) is 4.22. The van der Waals surface area contributed by atoms with E-state index < -0.39 is 0 Å². The van der Waals surface area contributed by atoms with Crippen LogP contribution in [0.25, 0.3) is 0 Å². The first-order valence-corrected chi connectivity index (χ1v) is 6.78. The Kier molecular flexibility index (Phi) is 4.76.